The lowest BCUT2D eigenvalue weighted by Gasteiger charge is -2.04. The molecule has 5 heteroatoms. The summed E-state index contributed by atoms with van der Waals surface area (Å²) in [5, 5.41) is 0. The molecular formula is C10H12FIO2Si. The maximum atomic E-state index is 13.1. The Labute approximate surface area is 105 Å². The number of esters is 1. The molecule has 0 saturated heterocycles. The van der Waals surface area contributed by atoms with Crippen molar-refractivity contribution in [3.05, 3.63) is 33.1 Å². The second kappa shape index (κ2) is 6.22. The average molecular weight is 338 g/mol. The van der Waals surface area contributed by atoms with Crippen LogP contribution in [-0.2, 0) is 4.74 Å². The molecular weight excluding hydrogens is 326 g/mol. The Morgan fingerprint density at radius 3 is 2.87 bits per heavy atom. The molecule has 0 heterocycles. The standard InChI is InChI=1S/C10H12FIO2Si/c11-8-6-7(2-3-9(8)12)10(13)14-4-1-5-15/h2-3,6H,1,4-5H2,15H3. The summed E-state index contributed by atoms with van der Waals surface area (Å²) in [5.74, 6) is -0.826. The summed E-state index contributed by atoms with van der Waals surface area (Å²) in [6.07, 6.45) is 0.894. The van der Waals surface area contributed by atoms with Gasteiger partial charge in [0, 0.05) is 13.8 Å². The topological polar surface area (TPSA) is 26.3 Å². The number of hydrogen-bond donors (Lipinski definition) is 0. The van der Waals surface area contributed by atoms with Gasteiger partial charge in [-0.1, -0.05) is 6.04 Å². The van der Waals surface area contributed by atoms with Crippen LogP contribution in [0.5, 0.6) is 0 Å². The molecule has 0 bridgehead atoms. The van der Waals surface area contributed by atoms with Gasteiger partial charge in [0.15, 0.2) is 0 Å². The number of halogens is 2. The summed E-state index contributed by atoms with van der Waals surface area (Å²) >= 11 is 1.88. The largest absolute Gasteiger partial charge is 0.462 e. The lowest BCUT2D eigenvalue weighted by Crippen LogP contribution is -2.07. The first-order chi connectivity index (χ1) is 7.15. The van der Waals surface area contributed by atoms with Crippen LogP contribution in [0.25, 0.3) is 0 Å². The Kier molecular flexibility index (Phi) is 5.24. The van der Waals surface area contributed by atoms with E-state index in [0.29, 0.717) is 10.2 Å². The Hall–Kier alpha value is -0.433. The highest BCUT2D eigenvalue weighted by molar-refractivity contribution is 14.1. The van der Waals surface area contributed by atoms with Crippen molar-refractivity contribution < 1.29 is 13.9 Å². The molecule has 0 fully saturated rings. The third-order valence-electron chi connectivity index (χ3n) is 1.89. The summed E-state index contributed by atoms with van der Waals surface area (Å²) in [6.45, 7) is 0.427. The lowest BCUT2D eigenvalue weighted by molar-refractivity contribution is 0.0505. The zero-order valence-corrected chi connectivity index (χ0v) is 12.6. The summed E-state index contributed by atoms with van der Waals surface area (Å²) in [4.78, 5) is 11.4. The zero-order valence-electron chi connectivity index (χ0n) is 8.43. The number of benzene rings is 1. The molecule has 0 N–H and O–H groups in total. The van der Waals surface area contributed by atoms with E-state index in [2.05, 4.69) is 0 Å². The molecule has 0 radical (unpaired) electrons. The van der Waals surface area contributed by atoms with Gasteiger partial charge in [0.25, 0.3) is 0 Å². The van der Waals surface area contributed by atoms with Gasteiger partial charge >= 0.3 is 5.97 Å². The van der Waals surface area contributed by atoms with E-state index < -0.39 is 5.97 Å². The van der Waals surface area contributed by atoms with Crippen LogP contribution in [0, 0.1) is 9.39 Å². The molecule has 0 unspecified atom stereocenters. The Morgan fingerprint density at radius 1 is 1.53 bits per heavy atom. The van der Waals surface area contributed by atoms with Gasteiger partial charge in [0.1, 0.15) is 5.82 Å². The minimum absolute atomic E-state index is 0.279. The van der Waals surface area contributed by atoms with E-state index in [1.165, 1.54) is 6.07 Å². The number of rotatable bonds is 4. The van der Waals surface area contributed by atoms with Gasteiger partial charge in [-0.25, -0.2) is 9.18 Å². The number of carbonyl (C=O) groups excluding carboxylic acids is 1. The Morgan fingerprint density at radius 2 is 2.27 bits per heavy atom. The fraction of sp³-hybridized carbons (Fsp3) is 0.300. The zero-order chi connectivity index (χ0) is 11.3. The molecule has 0 saturated carbocycles. The highest BCUT2D eigenvalue weighted by atomic mass is 127. The van der Waals surface area contributed by atoms with E-state index in [4.69, 9.17) is 4.74 Å². The van der Waals surface area contributed by atoms with Gasteiger partial charge < -0.3 is 4.74 Å². The molecule has 1 aromatic rings. The van der Waals surface area contributed by atoms with Crippen LogP contribution >= 0.6 is 22.6 Å². The highest BCUT2D eigenvalue weighted by Crippen LogP contribution is 2.13. The average Bonchev–Trinajstić information content (AvgIpc) is 2.22. The van der Waals surface area contributed by atoms with Crippen molar-refractivity contribution in [2.45, 2.75) is 12.5 Å². The third-order valence-corrected chi connectivity index (χ3v) is 3.47. The first-order valence-corrected chi connectivity index (χ1v) is 7.26. The van der Waals surface area contributed by atoms with Gasteiger partial charge in [-0.15, -0.1) is 0 Å². The second-order valence-corrected chi connectivity index (χ2v) is 5.28. The minimum Gasteiger partial charge on any atom is -0.462 e. The van der Waals surface area contributed by atoms with Crippen LogP contribution in [0.3, 0.4) is 0 Å². The molecule has 0 spiro atoms. The third kappa shape index (κ3) is 3.90. The van der Waals surface area contributed by atoms with E-state index >= 15 is 0 Å². The van der Waals surface area contributed by atoms with Crippen LogP contribution in [0.1, 0.15) is 16.8 Å². The number of carbonyl (C=O) groups is 1. The molecule has 0 aliphatic carbocycles. The monoisotopic (exact) mass is 338 g/mol. The van der Waals surface area contributed by atoms with Gasteiger partial charge in [0.05, 0.1) is 12.2 Å². The molecule has 1 aromatic carbocycles. The van der Waals surface area contributed by atoms with E-state index in [1.807, 2.05) is 22.6 Å². The fourth-order valence-corrected chi connectivity index (χ4v) is 1.64. The minimum atomic E-state index is -0.444. The molecule has 0 aliphatic heterocycles. The van der Waals surface area contributed by atoms with Crippen LogP contribution in [0.2, 0.25) is 6.04 Å². The van der Waals surface area contributed by atoms with Crippen LogP contribution < -0.4 is 0 Å². The normalized spacial score (nSPS) is 10.3. The Balaban J connectivity index is 2.62. The SMILES string of the molecule is O=C(OCCC[SiH3])c1ccc(I)c(F)c1. The summed E-state index contributed by atoms with van der Waals surface area (Å²) in [6, 6.07) is 5.46. The maximum absolute atomic E-state index is 13.1. The Bertz CT molecular complexity index is 357. The molecule has 15 heavy (non-hydrogen) atoms. The quantitative estimate of drug-likeness (QED) is 0.362. The molecule has 0 aromatic heterocycles. The first kappa shape index (κ1) is 12.6. The van der Waals surface area contributed by atoms with Crippen molar-refractivity contribution >= 4 is 38.8 Å². The van der Waals surface area contributed by atoms with Gasteiger partial charge in [-0.3, -0.25) is 0 Å². The van der Waals surface area contributed by atoms with Gasteiger partial charge in [0.2, 0.25) is 0 Å². The summed E-state index contributed by atoms with van der Waals surface area (Å²) < 4.78 is 18.6. The molecule has 1 rings (SSSR count). The smallest absolute Gasteiger partial charge is 0.338 e. The molecule has 2 nitrogen and oxygen atoms in total. The molecule has 82 valence electrons. The van der Waals surface area contributed by atoms with Crippen molar-refractivity contribution in [3.63, 3.8) is 0 Å². The van der Waals surface area contributed by atoms with Gasteiger partial charge in [-0.2, -0.15) is 0 Å². The number of ether oxygens (including phenoxy) is 1. The van der Waals surface area contributed by atoms with Crippen molar-refractivity contribution in [1.29, 1.82) is 0 Å². The van der Waals surface area contributed by atoms with Crippen LogP contribution in [0.15, 0.2) is 18.2 Å². The lowest BCUT2D eigenvalue weighted by atomic mass is 10.2. The molecule has 0 atom stereocenters. The number of hydrogen-bond acceptors (Lipinski definition) is 2. The summed E-state index contributed by atoms with van der Waals surface area (Å²) in [7, 11) is 1.11. The van der Waals surface area contributed by atoms with E-state index in [-0.39, 0.29) is 11.4 Å². The highest BCUT2D eigenvalue weighted by Gasteiger charge is 2.09. The van der Waals surface area contributed by atoms with Crippen molar-refractivity contribution in [3.8, 4) is 0 Å². The van der Waals surface area contributed by atoms with E-state index in [9.17, 15) is 9.18 Å². The predicted octanol–water partition coefficient (Wildman–Crippen LogP) is 1.76. The molecule has 0 aliphatic rings. The summed E-state index contributed by atoms with van der Waals surface area (Å²) in [5.41, 5.74) is 0.279. The van der Waals surface area contributed by atoms with Crippen LogP contribution in [0.4, 0.5) is 4.39 Å². The fourth-order valence-electron chi connectivity index (χ4n) is 1.02. The van der Waals surface area contributed by atoms with Crippen molar-refractivity contribution in [2.75, 3.05) is 6.61 Å². The van der Waals surface area contributed by atoms with Crippen LogP contribution in [-0.4, -0.2) is 22.8 Å². The van der Waals surface area contributed by atoms with Crippen molar-refractivity contribution in [2.24, 2.45) is 0 Å². The van der Waals surface area contributed by atoms with E-state index in [1.54, 1.807) is 12.1 Å². The van der Waals surface area contributed by atoms with Crippen molar-refractivity contribution in [1.82, 2.24) is 0 Å². The second-order valence-electron chi connectivity index (χ2n) is 3.12. The van der Waals surface area contributed by atoms with E-state index in [0.717, 1.165) is 22.7 Å². The van der Waals surface area contributed by atoms with Gasteiger partial charge in [-0.05, 0) is 47.2 Å². The first-order valence-electron chi connectivity index (χ1n) is 4.77. The maximum Gasteiger partial charge on any atom is 0.338 e. The predicted molar refractivity (Wildman–Crippen MR) is 68.8 cm³/mol. The molecule has 0 amide bonds.